The Morgan fingerprint density at radius 2 is 1.70 bits per heavy atom. The second-order valence-electron chi connectivity index (χ2n) is 5.72. The van der Waals surface area contributed by atoms with Crippen molar-refractivity contribution in [2.45, 2.75) is 31.3 Å². The van der Waals surface area contributed by atoms with E-state index in [9.17, 15) is 23.5 Å². The summed E-state index contributed by atoms with van der Waals surface area (Å²) < 4.78 is 27.1. The van der Waals surface area contributed by atoms with Gasteiger partial charge in [0.25, 0.3) is 5.92 Å². The van der Waals surface area contributed by atoms with Gasteiger partial charge in [0.1, 0.15) is 5.60 Å². The van der Waals surface area contributed by atoms with Crippen LogP contribution in [-0.4, -0.2) is 69.7 Å². The van der Waals surface area contributed by atoms with Crippen LogP contribution < -0.4 is 0 Å². The average Bonchev–Trinajstić information content (AvgIpc) is 2.57. The third-order valence-electron chi connectivity index (χ3n) is 4.06. The molecule has 2 saturated heterocycles. The van der Waals surface area contributed by atoms with Crippen molar-refractivity contribution < 1.29 is 28.6 Å². The highest BCUT2D eigenvalue weighted by Crippen LogP contribution is 2.36. The van der Waals surface area contributed by atoms with E-state index in [1.807, 2.05) is 0 Å². The number of carbonyl (C=O) groups excluding carboxylic acids is 1. The van der Waals surface area contributed by atoms with E-state index in [4.69, 9.17) is 5.11 Å². The standard InChI is InChI=1S/C12H18F2N2O4/c1-11(20)6-16(7-12(11,13)14)10(19)15-4-2-8(3-5-15)9(17)18/h8,20H,2-7H2,1H3,(H,17,18). The number of likely N-dealkylation sites (tertiary alicyclic amines) is 2. The van der Waals surface area contributed by atoms with Gasteiger partial charge in [-0.3, -0.25) is 4.79 Å². The van der Waals surface area contributed by atoms with Gasteiger partial charge in [0, 0.05) is 13.1 Å². The van der Waals surface area contributed by atoms with E-state index in [0.717, 1.165) is 11.8 Å². The van der Waals surface area contributed by atoms with Gasteiger partial charge in [0.15, 0.2) is 0 Å². The maximum atomic E-state index is 13.5. The number of alkyl halides is 2. The van der Waals surface area contributed by atoms with Gasteiger partial charge in [0.05, 0.1) is 19.0 Å². The van der Waals surface area contributed by atoms with Crippen molar-refractivity contribution in [3.8, 4) is 0 Å². The van der Waals surface area contributed by atoms with Crippen molar-refractivity contribution in [2.24, 2.45) is 5.92 Å². The van der Waals surface area contributed by atoms with Gasteiger partial charge in [-0.1, -0.05) is 0 Å². The lowest BCUT2D eigenvalue weighted by Gasteiger charge is -2.33. The van der Waals surface area contributed by atoms with Crippen molar-refractivity contribution in [1.82, 2.24) is 9.80 Å². The first kappa shape index (κ1) is 15.0. The van der Waals surface area contributed by atoms with Crippen molar-refractivity contribution in [3.05, 3.63) is 0 Å². The summed E-state index contributed by atoms with van der Waals surface area (Å²) >= 11 is 0. The van der Waals surface area contributed by atoms with Crippen LogP contribution in [0.1, 0.15) is 19.8 Å². The summed E-state index contributed by atoms with van der Waals surface area (Å²) in [6.45, 7) is 0.256. The summed E-state index contributed by atoms with van der Waals surface area (Å²) in [5, 5.41) is 18.5. The Kier molecular flexibility index (Phi) is 3.62. The molecule has 2 fully saturated rings. The lowest BCUT2D eigenvalue weighted by molar-refractivity contribution is -0.143. The molecule has 114 valence electrons. The van der Waals surface area contributed by atoms with Crippen LogP contribution in [0.15, 0.2) is 0 Å². The van der Waals surface area contributed by atoms with Gasteiger partial charge in [0.2, 0.25) is 0 Å². The largest absolute Gasteiger partial charge is 0.481 e. The van der Waals surface area contributed by atoms with E-state index < -0.39 is 42.5 Å². The number of aliphatic hydroxyl groups is 1. The van der Waals surface area contributed by atoms with Crippen LogP contribution in [0, 0.1) is 5.92 Å². The highest BCUT2D eigenvalue weighted by molar-refractivity contribution is 5.76. The predicted molar refractivity (Wildman–Crippen MR) is 64.5 cm³/mol. The van der Waals surface area contributed by atoms with Crippen molar-refractivity contribution in [3.63, 3.8) is 0 Å². The number of β-amino-alcohol motifs (C(OH)–C–C–N with tert-alkyl or cyclic N) is 1. The fourth-order valence-corrected chi connectivity index (χ4v) is 2.61. The fourth-order valence-electron chi connectivity index (χ4n) is 2.61. The summed E-state index contributed by atoms with van der Waals surface area (Å²) in [5.74, 6) is -4.71. The molecule has 1 atom stereocenters. The Labute approximate surface area is 115 Å². The Morgan fingerprint density at radius 1 is 1.15 bits per heavy atom. The van der Waals surface area contributed by atoms with Gasteiger partial charge in [-0.05, 0) is 19.8 Å². The van der Waals surface area contributed by atoms with Crippen LogP contribution in [0.5, 0.6) is 0 Å². The molecule has 0 spiro atoms. The number of carboxylic acids is 1. The Hall–Kier alpha value is -1.44. The molecule has 0 saturated carbocycles. The van der Waals surface area contributed by atoms with Crippen molar-refractivity contribution in [2.75, 3.05) is 26.2 Å². The zero-order valence-electron chi connectivity index (χ0n) is 11.2. The monoisotopic (exact) mass is 292 g/mol. The predicted octanol–water partition coefficient (Wildman–Crippen LogP) is 0.605. The number of halogens is 2. The molecule has 2 aliphatic heterocycles. The van der Waals surface area contributed by atoms with Crippen LogP contribution in [0.2, 0.25) is 0 Å². The molecular formula is C12H18F2N2O4. The highest BCUT2D eigenvalue weighted by Gasteiger charge is 2.58. The van der Waals surface area contributed by atoms with E-state index >= 15 is 0 Å². The van der Waals surface area contributed by atoms with E-state index in [2.05, 4.69) is 0 Å². The number of hydrogen-bond donors (Lipinski definition) is 2. The lowest BCUT2D eigenvalue weighted by Crippen LogP contribution is -2.47. The van der Waals surface area contributed by atoms with Crippen LogP contribution in [0.25, 0.3) is 0 Å². The van der Waals surface area contributed by atoms with Crippen LogP contribution >= 0.6 is 0 Å². The summed E-state index contributed by atoms with van der Waals surface area (Å²) in [7, 11) is 0. The van der Waals surface area contributed by atoms with Gasteiger partial charge in [-0.15, -0.1) is 0 Å². The molecule has 2 aliphatic rings. The minimum absolute atomic E-state index is 0.236. The Morgan fingerprint density at radius 3 is 2.10 bits per heavy atom. The van der Waals surface area contributed by atoms with Gasteiger partial charge < -0.3 is 20.0 Å². The Bertz CT molecular complexity index is 404. The lowest BCUT2D eigenvalue weighted by atomic mass is 9.97. The van der Waals surface area contributed by atoms with Crippen LogP contribution in [0.4, 0.5) is 13.6 Å². The molecule has 8 heteroatoms. The van der Waals surface area contributed by atoms with E-state index in [0.29, 0.717) is 12.8 Å². The summed E-state index contributed by atoms with van der Waals surface area (Å²) in [6, 6.07) is -0.564. The van der Waals surface area contributed by atoms with Gasteiger partial charge in [-0.2, -0.15) is 0 Å². The maximum absolute atomic E-state index is 13.5. The molecule has 2 N–H and O–H groups in total. The minimum atomic E-state index is -3.33. The summed E-state index contributed by atoms with van der Waals surface area (Å²) in [5.41, 5.74) is -2.22. The molecule has 0 aliphatic carbocycles. The molecule has 0 aromatic rings. The molecular weight excluding hydrogens is 274 g/mol. The smallest absolute Gasteiger partial charge is 0.320 e. The number of carboxylic acid groups (broad SMARTS) is 1. The molecule has 2 heterocycles. The topological polar surface area (TPSA) is 81.1 Å². The van der Waals surface area contributed by atoms with Gasteiger partial charge >= 0.3 is 12.0 Å². The van der Waals surface area contributed by atoms with Crippen LogP contribution in [-0.2, 0) is 4.79 Å². The average molecular weight is 292 g/mol. The van der Waals surface area contributed by atoms with Gasteiger partial charge in [-0.25, -0.2) is 13.6 Å². The second kappa shape index (κ2) is 4.83. The SMILES string of the molecule is CC1(O)CN(C(=O)N2CCC(C(=O)O)CC2)CC1(F)F. The molecule has 1 unspecified atom stereocenters. The highest BCUT2D eigenvalue weighted by atomic mass is 19.3. The summed E-state index contributed by atoms with van der Waals surface area (Å²) in [4.78, 5) is 25.2. The molecule has 0 aromatic carbocycles. The first-order valence-electron chi connectivity index (χ1n) is 6.51. The number of hydrogen-bond acceptors (Lipinski definition) is 3. The fraction of sp³-hybridized carbons (Fsp3) is 0.833. The number of amides is 2. The molecule has 0 bridgehead atoms. The minimum Gasteiger partial charge on any atom is -0.481 e. The number of nitrogens with zero attached hydrogens (tertiary/aromatic N) is 2. The third kappa shape index (κ3) is 2.56. The van der Waals surface area contributed by atoms with Crippen molar-refractivity contribution in [1.29, 1.82) is 0 Å². The van der Waals surface area contributed by atoms with Crippen LogP contribution in [0.3, 0.4) is 0 Å². The zero-order chi connectivity index (χ0) is 15.1. The zero-order valence-corrected chi connectivity index (χ0v) is 11.2. The quantitative estimate of drug-likeness (QED) is 0.742. The molecule has 0 aromatic heterocycles. The molecule has 20 heavy (non-hydrogen) atoms. The maximum Gasteiger partial charge on any atom is 0.320 e. The number of rotatable bonds is 1. The third-order valence-corrected chi connectivity index (χ3v) is 4.06. The Balaban J connectivity index is 1.96. The van der Waals surface area contributed by atoms with E-state index in [-0.39, 0.29) is 13.1 Å². The number of aliphatic carboxylic acids is 1. The normalized spacial score (nSPS) is 30.6. The molecule has 2 amide bonds. The van der Waals surface area contributed by atoms with E-state index in [1.165, 1.54) is 4.90 Å². The second-order valence-corrected chi connectivity index (χ2v) is 5.72. The molecule has 2 rings (SSSR count). The van der Waals surface area contributed by atoms with E-state index in [1.54, 1.807) is 0 Å². The molecule has 0 radical (unpaired) electrons. The summed E-state index contributed by atoms with van der Waals surface area (Å²) in [6.07, 6.45) is 0.642. The molecule has 6 nitrogen and oxygen atoms in total. The first-order chi connectivity index (χ1) is 9.14. The number of carbonyl (C=O) groups is 2. The van der Waals surface area contributed by atoms with Crippen molar-refractivity contribution >= 4 is 12.0 Å². The first-order valence-corrected chi connectivity index (χ1v) is 6.51. The number of urea groups is 1. The number of piperidine rings is 1.